The highest BCUT2D eigenvalue weighted by atomic mass is 79.9. The van der Waals surface area contributed by atoms with Gasteiger partial charge in [0.1, 0.15) is 12.6 Å². The van der Waals surface area contributed by atoms with Crippen molar-refractivity contribution in [1.82, 2.24) is 4.31 Å². The lowest BCUT2D eigenvalue weighted by atomic mass is 10.2. The van der Waals surface area contributed by atoms with Crippen molar-refractivity contribution in [2.24, 2.45) is 0 Å². The molecule has 1 aromatic rings. The molecular formula is C12H13BrN2O4S. The van der Waals surface area contributed by atoms with Crippen LogP contribution in [0.25, 0.3) is 0 Å². The number of benzene rings is 1. The number of hydrogen-bond donors (Lipinski definition) is 1. The van der Waals surface area contributed by atoms with Crippen LogP contribution in [0.15, 0.2) is 27.6 Å². The average molecular weight is 361 g/mol. The molecule has 0 heterocycles. The summed E-state index contributed by atoms with van der Waals surface area (Å²) in [6, 6.07) is 5.89. The zero-order chi connectivity index (χ0) is 15.3. The minimum atomic E-state index is -3.89. The van der Waals surface area contributed by atoms with E-state index >= 15 is 0 Å². The van der Waals surface area contributed by atoms with Gasteiger partial charge in [0.05, 0.1) is 10.5 Å². The highest BCUT2D eigenvalue weighted by Gasteiger charge is 2.26. The molecule has 0 spiro atoms. The molecule has 0 aliphatic heterocycles. The number of sulfonamides is 1. The predicted molar refractivity (Wildman–Crippen MR) is 75.5 cm³/mol. The Morgan fingerprint density at radius 2 is 2.15 bits per heavy atom. The van der Waals surface area contributed by atoms with Crippen molar-refractivity contribution in [3.8, 4) is 6.07 Å². The van der Waals surface area contributed by atoms with Crippen molar-refractivity contribution in [3.05, 3.63) is 28.2 Å². The normalized spacial score (nSPS) is 11.3. The van der Waals surface area contributed by atoms with E-state index in [9.17, 15) is 13.2 Å². The second kappa shape index (κ2) is 6.83. The van der Waals surface area contributed by atoms with Gasteiger partial charge in [-0.25, -0.2) is 8.42 Å². The van der Waals surface area contributed by atoms with Crippen molar-refractivity contribution in [2.45, 2.75) is 18.2 Å². The maximum Gasteiger partial charge on any atom is 0.318 e. The monoisotopic (exact) mass is 360 g/mol. The van der Waals surface area contributed by atoms with Crippen LogP contribution in [0, 0.1) is 11.3 Å². The molecule has 0 saturated carbocycles. The molecule has 0 aromatic heterocycles. The van der Waals surface area contributed by atoms with Gasteiger partial charge < -0.3 is 5.11 Å². The van der Waals surface area contributed by atoms with Crippen molar-refractivity contribution >= 4 is 31.9 Å². The molecule has 0 radical (unpaired) electrons. The summed E-state index contributed by atoms with van der Waals surface area (Å²) in [4.78, 5) is 10.7. The fraction of sp³-hybridized carbons (Fsp3) is 0.333. The second-order valence-corrected chi connectivity index (χ2v) is 6.78. The van der Waals surface area contributed by atoms with Crippen molar-refractivity contribution in [1.29, 1.82) is 5.26 Å². The molecule has 0 aliphatic rings. The van der Waals surface area contributed by atoms with E-state index in [0.717, 1.165) is 4.31 Å². The first kappa shape index (κ1) is 16.6. The zero-order valence-corrected chi connectivity index (χ0v) is 13.1. The van der Waals surface area contributed by atoms with E-state index in [2.05, 4.69) is 15.9 Å². The Kier molecular flexibility index (Phi) is 5.68. The Morgan fingerprint density at radius 1 is 1.50 bits per heavy atom. The fourth-order valence-electron chi connectivity index (χ4n) is 1.58. The number of rotatable bonds is 6. The van der Waals surface area contributed by atoms with Crippen LogP contribution >= 0.6 is 15.9 Å². The number of carbonyl (C=O) groups is 1. The third-order valence-corrected chi connectivity index (χ3v) is 4.98. The molecule has 6 nitrogen and oxygen atoms in total. The Morgan fingerprint density at radius 3 is 2.60 bits per heavy atom. The molecule has 1 rings (SSSR count). The number of hydrogen-bond acceptors (Lipinski definition) is 4. The summed E-state index contributed by atoms with van der Waals surface area (Å²) in [5, 5.41) is 17.6. The minimum absolute atomic E-state index is 0.0434. The highest BCUT2D eigenvalue weighted by Crippen LogP contribution is 2.23. The molecule has 108 valence electrons. The van der Waals surface area contributed by atoms with Gasteiger partial charge >= 0.3 is 5.97 Å². The first-order valence-electron chi connectivity index (χ1n) is 5.74. The van der Waals surface area contributed by atoms with Gasteiger partial charge in [0.2, 0.25) is 10.0 Å². The Hall–Kier alpha value is -1.43. The van der Waals surface area contributed by atoms with E-state index in [4.69, 9.17) is 10.4 Å². The number of carboxylic acids is 1. The lowest BCUT2D eigenvalue weighted by molar-refractivity contribution is -0.137. The van der Waals surface area contributed by atoms with Gasteiger partial charge in [0, 0.05) is 11.0 Å². The maximum absolute atomic E-state index is 12.4. The predicted octanol–water partition coefficient (Wildman–Crippen LogP) is 1.81. The Bertz CT molecular complexity index is 652. The maximum atomic E-state index is 12.4. The summed E-state index contributed by atoms with van der Waals surface area (Å²) < 4.78 is 26.0. The van der Waals surface area contributed by atoms with Gasteiger partial charge in [-0.1, -0.05) is 6.92 Å². The van der Waals surface area contributed by atoms with Crippen LogP contribution in [0.4, 0.5) is 0 Å². The molecule has 0 bridgehead atoms. The van der Waals surface area contributed by atoms with Crippen LogP contribution in [-0.2, 0) is 14.8 Å². The van der Waals surface area contributed by atoms with Crippen LogP contribution in [0.2, 0.25) is 0 Å². The van der Waals surface area contributed by atoms with Gasteiger partial charge in [-0.3, -0.25) is 4.79 Å². The van der Waals surface area contributed by atoms with Crippen molar-refractivity contribution in [3.63, 3.8) is 0 Å². The van der Waals surface area contributed by atoms with Crippen molar-refractivity contribution in [2.75, 3.05) is 13.1 Å². The third kappa shape index (κ3) is 3.79. The molecule has 0 saturated heterocycles. The number of nitrogens with zero attached hydrogens (tertiary/aromatic N) is 2. The van der Waals surface area contributed by atoms with Gasteiger partial charge in [-0.15, -0.1) is 0 Å². The largest absolute Gasteiger partial charge is 0.480 e. The number of carboxylic acid groups (broad SMARTS) is 1. The highest BCUT2D eigenvalue weighted by molar-refractivity contribution is 9.10. The second-order valence-electron chi connectivity index (χ2n) is 3.99. The standard InChI is InChI=1S/C12H13BrN2O4S/c1-2-5-15(8-12(16)17)20(18,19)10-4-3-9(7-14)11(13)6-10/h3-4,6H,2,5,8H2,1H3,(H,16,17). The number of halogens is 1. The molecule has 0 unspecified atom stereocenters. The van der Waals surface area contributed by atoms with Crippen molar-refractivity contribution < 1.29 is 18.3 Å². The first-order chi connectivity index (χ1) is 9.32. The Balaban J connectivity index is 3.22. The topological polar surface area (TPSA) is 98.5 Å². The lowest BCUT2D eigenvalue weighted by Gasteiger charge is -2.19. The smallest absolute Gasteiger partial charge is 0.318 e. The number of aliphatic carboxylic acids is 1. The molecule has 0 fully saturated rings. The van der Waals surface area contributed by atoms with Gasteiger partial charge in [-0.05, 0) is 40.5 Å². The van der Waals surface area contributed by atoms with Gasteiger partial charge in [-0.2, -0.15) is 9.57 Å². The van der Waals surface area contributed by atoms with Gasteiger partial charge in [0.25, 0.3) is 0 Å². The molecule has 20 heavy (non-hydrogen) atoms. The molecule has 0 aliphatic carbocycles. The summed E-state index contributed by atoms with van der Waals surface area (Å²) in [6.07, 6.45) is 0.504. The van der Waals surface area contributed by atoms with Crippen LogP contribution in [0.5, 0.6) is 0 Å². The van der Waals surface area contributed by atoms with E-state index in [1.807, 2.05) is 6.07 Å². The van der Waals surface area contributed by atoms with Crippen LogP contribution in [0.3, 0.4) is 0 Å². The molecular weight excluding hydrogens is 348 g/mol. The third-order valence-electron chi connectivity index (χ3n) is 2.48. The van der Waals surface area contributed by atoms with Crippen LogP contribution in [0.1, 0.15) is 18.9 Å². The fourth-order valence-corrected chi connectivity index (χ4v) is 3.71. The molecule has 1 N–H and O–H groups in total. The SMILES string of the molecule is CCCN(CC(=O)O)S(=O)(=O)c1ccc(C#N)c(Br)c1. The summed E-state index contributed by atoms with van der Waals surface area (Å²) in [7, 11) is -3.89. The summed E-state index contributed by atoms with van der Waals surface area (Å²) in [6.45, 7) is 1.29. The Labute approximate surface area is 125 Å². The van der Waals surface area contributed by atoms with Crippen LogP contribution in [-0.4, -0.2) is 36.9 Å². The summed E-state index contributed by atoms with van der Waals surface area (Å²) >= 11 is 3.12. The first-order valence-corrected chi connectivity index (χ1v) is 7.97. The summed E-state index contributed by atoms with van der Waals surface area (Å²) in [5.41, 5.74) is 0.309. The van der Waals surface area contributed by atoms with E-state index in [1.165, 1.54) is 18.2 Å². The lowest BCUT2D eigenvalue weighted by Crippen LogP contribution is -2.36. The van der Waals surface area contributed by atoms with E-state index in [-0.39, 0.29) is 11.4 Å². The number of nitriles is 1. The zero-order valence-electron chi connectivity index (χ0n) is 10.7. The quantitative estimate of drug-likeness (QED) is 0.833. The van der Waals surface area contributed by atoms with Gasteiger partial charge in [0.15, 0.2) is 0 Å². The van der Waals surface area contributed by atoms with E-state index in [1.54, 1.807) is 6.92 Å². The molecule has 8 heteroatoms. The van der Waals surface area contributed by atoms with Crippen LogP contribution < -0.4 is 0 Å². The van der Waals surface area contributed by atoms with E-state index < -0.39 is 22.5 Å². The van der Waals surface area contributed by atoms with E-state index in [0.29, 0.717) is 16.5 Å². The average Bonchev–Trinajstić information content (AvgIpc) is 2.37. The molecule has 0 atom stereocenters. The minimum Gasteiger partial charge on any atom is -0.480 e. The molecule has 1 aromatic carbocycles. The molecule has 0 amide bonds. The summed E-state index contributed by atoms with van der Waals surface area (Å²) in [5.74, 6) is -1.21.